The number of aliphatic hydroxyl groups is 1. The van der Waals surface area contributed by atoms with E-state index in [4.69, 9.17) is 21.1 Å². The molecule has 0 fully saturated rings. The van der Waals surface area contributed by atoms with Crippen molar-refractivity contribution in [3.05, 3.63) is 59.2 Å². The number of hydrogen-bond donors (Lipinski definition) is 1. The fraction of sp³-hybridized carbons (Fsp3) is 0.444. The number of benzene rings is 1. The number of aliphatic hydroxyl groups excluding tert-OH is 1. The molecule has 122 valence electrons. The minimum absolute atomic E-state index is 0.0397. The molecule has 4 heteroatoms. The molecule has 0 bridgehead atoms. The number of halogens is 1. The number of rotatable bonds is 9. The predicted molar refractivity (Wildman–Crippen MR) is 91.0 cm³/mol. The van der Waals surface area contributed by atoms with Gasteiger partial charge in [-0.3, -0.25) is 0 Å². The molecule has 1 rings (SSSR count). The average Bonchev–Trinajstić information content (AvgIpc) is 2.50. The van der Waals surface area contributed by atoms with Gasteiger partial charge in [0.15, 0.2) is 0 Å². The molecule has 3 nitrogen and oxygen atoms in total. The molecule has 0 saturated carbocycles. The average molecular weight is 325 g/mol. The van der Waals surface area contributed by atoms with E-state index < -0.39 is 6.10 Å². The van der Waals surface area contributed by atoms with Crippen molar-refractivity contribution in [3.8, 4) is 0 Å². The van der Waals surface area contributed by atoms with Crippen molar-refractivity contribution in [2.45, 2.75) is 32.7 Å². The van der Waals surface area contributed by atoms with Gasteiger partial charge in [0.1, 0.15) is 6.10 Å². The molecule has 0 radical (unpaired) electrons. The van der Waals surface area contributed by atoms with Gasteiger partial charge in [0.2, 0.25) is 0 Å². The molecular formula is C18H25ClO3. The van der Waals surface area contributed by atoms with E-state index in [2.05, 4.69) is 6.58 Å². The Labute approximate surface area is 138 Å². The monoisotopic (exact) mass is 324 g/mol. The quantitative estimate of drug-likeness (QED) is 0.698. The molecule has 0 spiro atoms. The highest BCUT2D eigenvalue weighted by atomic mass is 35.5. The Hall–Kier alpha value is -1.13. The third-order valence-corrected chi connectivity index (χ3v) is 3.69. The van der Waals surface area contributed by atoms with Gasteiger partial charge in [-0.2, -0.15) is 0 Å². The van der Waals surface area contributed by atoms with Crippen LogP contribution in [-0.2, 0) is 16.1 Å². The molecule has 0 aliphatic carbocycles. The normalized spacial score (nSPS) is 16.1. The van der Waals surface area contributed by atoms with Crippen LogP contribution < -0.4 is 0 Å². The minimum Gasteiger partial charge on any atom is -0.389 e. The zero-order valence-corrected chi connectivity index (χ0v) is 14.2. The van der Waals surface area contributed by atoms with E-state index in [9.17, 15) is 5.11 Å². The lowest BCUT2D eigenvalue weighted by atomic mass is 9.97. The van der Waals surface area contributed by atoms with E-state index in [1.807, 2.05) is 44.2 Å². The summed E-state index contributed by atoms with van der Waals surface area (Å²) >= 11 is 5.84. The lowest BCUT2D eigenvalue weighted by molar-refractivity contribution is -0.00171. The smallest absolute Gasteiger partial charge is 0.101 e. The van der Waals surface area contributed by atoms with Gasteiger partial charge >= 0.3 is 0 Å². The first kappa shape index (κ1) is 18.9. The topological polar surface area (TPSA) is 38.7 Å². The van der Waals surface area contributed by atoms with Gasteiger partial charge < -0.3 is 14.6 Å². The van der Waals surface area contributed by atoms with Crippen LogP contribution in [0.15, 0.2) is 48.6 Å². The molecule has 0 aliphatic rings. The summed E-state index contributed by atoms with van der Waals surface area (Å²) in [4.78, 5) is 0. The molecule has 22 heavy (non-hydrogen) atoms. The third-order valence-electron chi connectivity index (χ3n) is 3.44. The fourth-order valence-corrected chi connectivity index (χ4v) is 2.31. The summed E-state index contributed by atoms with van der Waals surface area (Å²) in [6.45, 7) is 8.65. The molecule has 0 aromatic heterocycles. The third kappa shape index (κ3) is 6.32. The van der Waals surface area contributed by atoms with Gasteiger partial charge in [-0.1, -0.05) is 48.4 Å². The first-order valence-electron chi connectivity index (χ1n) is 7.30. The second-order valence-corrected chi connectivity index (χ2v) is 5.85. The summed E-state index contributed by atoms with van der Waals surface area (Å²) in [5, 5.41) is 10.9. The molecule has 3 atom stereocenters. The fourth-order valence-electron chi connectivity index (χ4n) is 2.18. The molecule has 1 aromatic carbocycles. The first-order chi connectivity index (χ1) is 10.5. The molecular weight excluding hydrogens is 300 g/mol. The van der Waals surface area contributed by atoms with E-state index in [1.54, 1.807) is 13.2 Å². The lowest BCUT2D eigenvalue weighted by Crippen LogP contribution is -2.31. The van der Waals surface area contributed by atoms with Gasteiger partial charge in [0, 0.05) is 18.1 Å². The van der Waals surface area contributed by atoms with Gasteiger partial charge in [0.25, 0.3) is 0 Å². The van der Waals surface area contributed by atoms with Gasteiger partial charge in [-0.15, -0.1) is 6.58 Å². The van der Waals surface area contributed by atoms with Crippen LogP contribution in [-0.4, -0.2) is 31.0 Å². The summed E-state index contributed by atoms with van der Waals surface area (Å²) in [7, 11) is 1.56. The highest BCUT2D eigenvalue weighted by Crippen LogP contribution is 2.15. The lowest BCUT2D eigenvalue weighted by Gasteiger charge is -2.22. The molecule has 1 aromatic rings. The Morgan fingerprint density at radius 3 is 2.55 bits per heavy atom. The maximum absolute atomic E-state index is 10.2. The Bertz CT molecular complexity index is 482. The zero-order chi connectivity index (χ0) is 16.5. The number of hydrogen-bond acceptors (Lipinski definition) is 3. The van der Waals surface area contributed by atoms with Crippen molar-refractivity contribution in [2.24, 2.45) is 5.92 Å². The minimum atomic E-state index is -0.617. The maximum Gasteiger partial charge on any atom is 0.101 e. The Kier molecular flexibility index (Phi) is 8.43. The van der Waals surface area contributed by atoms with E-state index in [-0.39, 0.29) is 12.0 Å². The highest BCUT2D eigenvalue weighted by Gasteiger charge is 2.20. The van der Waals surface area contributed by atoms with Crippen LogP contribution in [0.4, 0.5) is 0 Å². The van der Waals surface area contributed by atoms with Crippen molar-refractivity contribution in [2.75, 3.05) is 13.7 Å². The molecule has 1 N–H and O–H groups in total. The van der Waals surface area contributed by atoms with E-state index in [0.717, 1.165) is 16.2 Å². The summed E-state index contributed by atoms with van der Waals surface area (Å²) < 4.78 is 10.8. The molecule has 3 unspecified atom stereocenters. The van der Waals surface area contributed by atoms with Crippen molar-refractivity contribution in [1.82, 2.24) is 0 Å². The van der Waals surface area contributed by atoms with Crippen LogP contribution in [0.2, 0.25) is 5.02 Å². The van der Waals surface area contributed by atoms with Crippen LogP contribution in [0.25, 0.3) is 0 Å². The Morgan fingerprint density at radius 2 is 2.00 bits per heavy atom. The highest BCUT2D eigenvalue weighted by molar-refractivity contribution is 6.30. The van der Waals surface area contributed by atoms with Crippen molar-refractivity contribution in [1.29, 1.82) is 0 Å². The largest absolute Gasteiger partial charge is 0.389 e. The van der Waals surface area contributed by atoms with E-state index in [1.165, 1.54) is 0 Å². The van der Waals surface area contributed by atoms with Gasteiger partial charge in [-0.25, -0.2) is 0 Å². The SMILES string of the molecule is C=CC(OC)C(O)C(C)C=C(C)COCc1ccc(Cl)cc1. The standard InChI is InChI=1S/C18H25ClO3/c1-5-17(21-4)18(20)14(3)10-13(2)11-22-12-15-6-8-16(19)9-7-15/h5-10,14,17-18,20H,1,11-12H2,2-4H3. The van der Waals surface area contributed by atoms with Crippen LogP contribution in [0.5, 0.6) is 0 Å². The maximum atomic E-state index is 10.2. The number of ether oxygens (including phenoxy) is 2. The summed E-state index contributed by atoms with van der Waals surface area (Å²) in [6.07, 6.45) is 2.63. The molecule has 0 amide bonds. The van der Waals surface area contributed by atoms with Gasteiger partial charge in [-0.05, 0) is 24.6 Å². The molecule has 0 heterocycles. The van der Waals surface area contributed by atoms with E-state index in [0.29, 0.717) is 13.2 Å². The summed E-state index contributed by atoms with van der Waals surface area (Å²) in [5.41, 5.74) is 2.15. The zero-order valence-electron chi connectivity index (χ0n) is 13.5. The second kappa shape index (κ2) is 9.80. The van der Waals surface area contributed by atoms with Crippen molar-refractivity contribution < 1.29 is 14.6 Å². The van der Waals surface area contributed by atoms with Gasteiger partial charge in [0.05, 0.1) is 19.3 Å². The summed E-state index contributed by atoms with van der Waals surface area (Å²) in [6, 6.07) is 7.59. The Morgan fingerprint density at radius 1 is 1.36 bits per heavy atom. The summed E-state index contributed by atoms with van der Waals surface area (Å²) in [5.74, 6) is -0.0397. The van der Waals surface area contributed by atoms with Crippen molar-refractivity contribution in [3.63, 3.8) is 0 Å². The van der Waals surface area contributed by atoms with Crippen LogP contribution in [0.1, 0.15) is 19.4 Å². The van der Waals surface area contributed by atoms with Crippen molar-refractivity contribution >= 4 is 11.6 Å². The first-order valence-corrected chi connectivity index (χ1v) is 7.68. The molecule has 0 saturated heterocycles. The molecule has 0 aliphatic heterocycles. The van der Waals surface area contributed by atoms with E-state index >= 15 is 0 Å². The number of methoxy groups -OCH3 is 1. The second-order valence-electron chi connectivity index (χ2n) is 5.42. The van der Waals surface area contributed by atoms with Crippen LogP contribution in [0.3, 0.4) is 0 Å². The van der Waals surface area contributed by atoms with Crippen LogP contribution in [0, 0.1) is 5.92 Å². The van der Waals surface area contributed by atoms with Crippen LogP contribution >= 0.6 is 11.6 Å². The predicted octanol–water partition coefficient (Wildman–Crippen LogP) is 4.00. The Balaban J connectivity index is 2.44.